The lowest BCUT2D eigenvalue weighted by Gasteiger charge is -2.12. The first-order valence-electron chi connectivity index (χ1n) is 8.98. The fourth-order valence-electron chi connectivity index (χ4n) is 3.12. The fourth-order valence-corrected chi connectivity index (χ4v) is 3.83. The van der Waals surface area contributed by atoms with Crippen molar-refractivity contribution in [1.82, 2.24) is 4.98 Å². The number of fused-ring (bicyclic) bond motifs is 1. The van der Waals surface area contributed by atoms with E-state index in [4.69, 9.17) is 14.3 Å². The van der Waals surface area contributed by atoms with Crippen molar-refractivity contribution < 1.29 is 22.7 Å². The van der Waals surface area contributed by atoms with Crippen molar-refractivity contribution in [2.45, 2.75) is 11.4 Å². The number of anilines is 1. The number of benzene rings is 3. The first-order valence-corrected chi connectivity index (χ1v) is 10.5. The normalized spacial score (nSPS) is 11.5. The summed E-state index contributed by atoms with van der Waals surface area (Å²) in [4.78, 5) is 4.29. The molecular weight excluding hydrogens is 406 g/mol. The molecule has 0 aliphatic rings. The van der Waals surface area contributed by atoms with Crippen LogP contribution in [0.25, 0.3) is 22.6 Å². The van der Waals surface area contributed by atoms with E-state index in [1.807, 2.05) is 6.07 Å². The highest BCUT2D eigenvalue weighted by molar-refractivity contribution is 7.89. The Morgan fingerprint density at radius 1 is 1.13 bits per heavy atom. The van der Waals surface area contributed by atoms with Gasteiger partial charge in [-0.25, -0.2) is 18.5 Å². The van der Waals surface area contributed by atoms with Crippen LogP contribution in [0.3, 0.4) is 0 Å². The molecule has 4 N–H and O–H groups in total. The zero-order valence-electron chi connectivity index (χ0n) is 16.0. The van der Waals surface area contributed by atoms with Gasteiger partial charge in [0.15, 0.2) is 17.1 Å². The van der Waals surface area contributed by atoms with E-state index in [1.165, 1.54) is 13.2 Å². The summed E-state index contributed by atoms with van der Waals surface area (Å²) in [7, 11) is -2.53. The molecule has 0 saturated heterocycles. The number of rotatable bonds is 6. The van der Waals surface area contributed by atoms with Crippen LogP contribution in [0.4, 0.5) is 5.69 Å². The lowest BCUT2D eigenvalue weighted by molar-refractivity contribution is 0.371. The van der Waals surface area contributed by atoms with Crippen LogP contribution in [0.5, 0.6) is 11.5 Å². The highest BCUT2D eigenvalue weighted by atomic mass is 32.2. The summed E-state index contributed by atoms with van der Waals surface area (Å²) in [6.07, 6.45) is 0. The molecule has 9 heteroatoms. The molecule has 0 atom stereocenters. The molecule has 0 aliphatic heterocycles. The predicted molar refractivity (Wildman–Crippen MR) is 113 cm³/mol. The first-order chi connectivity index (χ1) is 14.4. The molecule has 1 heterocycles. The van der Waals surface area contributed by atoms with Crippen LogP contribution in [0.1, 0.15) is 5.56 Å². The number of methoxy groups -OCH3 is 1. The second-order valence-corrected chi connectivity index (χ2v) is 8.09. The van der Waals surface area contributed by atoms with E-state index >= 15 is 0 Å². The lowest BCUT2D eigenvalue weighted by Crippen LogP contribution is -2.13. The monoisotopic (exact) mass is 425 g/mol. The number of primary sulfonamides is 1. The van der Waals surface area contributed by atoms with E-state index < -0.39 is 10.0 Å². The SMILES string of the molecule is COc1cccc(CNc2ccc(S(N)(=O)=O)c(-c3nc4ccccc4o3)c2)c1O. The average Bonchev–Trinajstić information content (AvgIpc) is 3.16. The number of ether oxygens (including phenoxy) is 1. The number of oxazole rings is 1. The standard InChI is InChI=1S/C21H19N3O5S/c1-28-18-8-4-5-13(20(18)25)12-23-14-9-10-19(30(22,26)27)15(11-14)21-24-16-6-2-3-7-17(16)29-21/h2-11,23,25H,12H2,1H3,(H2,22,26,27). The van der Waals surface area contributed by atoms with E-state index in [0.717, 1.165) is 0 Å². The molecule has 30 heavy (non-hydrogen) atoms. The molecule has 0 unspecified atom stereocenters. The summed E-state index contributed by atoms with van der Waals surface area (Å²) in [5.74, 6) is 0.548. The van der Waals surface area contributed by atoms with E-state index in [0.29, 0.717) is 28.1 Å². The number of hydrogen-bond donors (Lipinski definition) is 3. The van der Waals surface area contributed by atoms with Gasteiger partial charge >= 0.3 is 0 Å². The van der Waals surface area contributed by atoms with Gasteiger partial charge in [-0.3, -0.25) is 0 Å². The van der Waals surface area contributed by atoms with Crippen molar-refractivity contribution in [2.24, 2.45) is 5.14 Å². The molecule has 4 rings (SSSR count). The third-order valence-corrected chi connectivity index (χ3v) is 5.56. The summed E-state index contributed by atoms with van der Waals surface area (Å²) < 4.78 is 35.0. The van der Waals surface area contributed by atoms with Gasteiger partial charge in [0, 0.05) is 17.8 Å². The number of hydrogen-bond acceptors (Lipinski definition) is 7. The van der Waals surface area contributed by atoms with Crippen molar-refractivity contribution in [3.63, 3.8) is 0 Å². The predicted octanol–water partition coefficient (Wildman–Crippen LogP) is 3.47. The van der Waals surface area contributed by atoms with Crippen LogP contribution in [0, 0.1) is 0 Å². The molecule has 0 saturated carbocycles. The number of phenolic OH excluding ortho intramolecular Hbond substituents is 1. The number of sulfonamides is 1. The highest BCUT2D eigenvalue weighted by Gasteiger charge is 2.20. The van der Waals surface area contributed by atoms with Gasteiger partial charge in [0.05, 0.1) is 17.6 Å². The van der Waals surface area contributed by atoms with Crippen molar-refractivity contribution in [1.29, 1.82) is 0 Å². The van der Waals surface area contributed by atoms with Crippen LogP contribution in [-0.2, 0) is 16.6 Å². The highest BCUT2D eigenvalue weighted by Crippen LogP contribution is 2.33. The molecule has 1 aromatic heterocycles. The molecule has 0 aliphatic carbocycles. The number of aromatic nitrogens is 1. The number of aromatic hydroxyl groups is 1. The zero-order chi connectivity index (χ0) is 21.3. The minimum absolute atomic E-state index is 0.0350. The van der Waals surface area contributed by atoms with Gasteiger partial charge in [-0.1, -0.05) is 24.3 Å². The maximum absolute atomic E-state index is 12.1. The van der Waals surface area contributed by atoms with Gasteiger partial charge in [0.2, 0.25) is 15.9 Å². The Morgan fingerprint density at radius 3 is 2.67 bits per heavy atom. The Hall–Kier alpha value is -3.56. The van der Waals surface area contributed by atoms with Crippen LogP contribution >= 0.6 is 0 Å². The topological polar surface area (TPSA) is 128 Å². The van der Waals surface area contributed by atoms with Crippen molar-refractivity contribution in [3.05, 3.63) is 66.2 Å². The Balaban J connectivity index is 1.72. The van der Waals surface area contributed by atoms with Crippen molar-refractivity contribution >= 4 is 26.8 Å². The van der Waals surface area contributed by atoms with Crippen LogP contribution < -0.4 is 15.2 Å². The minimum Gasteiger partial charge on any atom is -0.504 e. The second kappa shape index (κ2) is 7.69. The molecular formula is C21H19N3O5S. The van der Waals surface area contributed by atoms with Gasteiger partial charge < -0.3 is 19.6 Å². The van der Waals surface area contributed by atoms with Gasteiger partial charge in [-0.15, -0.1) is 0 Å². The van der Waals surface area contributed by atoms with Gasteiger partial charge in [-0.05, 0) is 36.4 Å². The summed E-state index contributed by atoms with van der Waals surface area (Å²) in [5.41, 5.74) is 2.60. The number of nitrogens with two attached hydrogens (primary N) is 1. The van der Waals surface area contributed by atoms with Crippen LogP contribution in [0.15, 0.2) is 70.0 Å². The lowest BCUT2D eigenvalue weighted by atomic mass is 10.1. The zero-order valence-corrected chi connectivity index (χ0v) is 16.8. The fraction of sp³-hybridized carbons (Fsp3) is 0.0952. The Bertz CT molecular complexity index is 1300. The van der Waals surface area contributed by atoms with Crippen LogP contribution in [0.2, 0.25) is 0 Å². The molecule has 0 fully saturated rings. The van der Waals surface area contributed by atoms with E-state index in [1.54, 1.807) is 48.5 Å². The molecule has 8 nitrogen and oxygen atoms in total. The Morgan fingerprint density at radius 2 is 1.93 bits per heavy atom. The summed E-state index contributed by atoms with van der Waals surface area (Å²) >= 11 is 0. The second-order valence-electron chi connectivity index (χ2n) is 6.56. The molecule has 0 spiro atoms. The van der Waals surface area contributed by atoms with E-state index in [-0.39, 0.29) is 28.6 Å². The maximum Gasteiger partial charge on any atom is 0.238 e. The summed E-state index contributed by atoms with van der Waals surface area (Å²) in [6.45, 7) is 0.282. The molecule has 0 amide bonds. The molecule has 0 radical (unpaired) electrons. The average molecular weight is 425 g/mol. The Labute approximate surface area is 173 Å². The van der Waals surface area contributed by atoms with Crippen molar-refractivity contribution in [3.8, 4) is 23.0 Å². The third-order valence-electron chi connectivity index (χ3n) is 4.60. The Kier molecular flexibility index (Phi) is 5.06. The minimum atomic E-state index is -4.00. The molecule has 154 valence electrons. The largest absolute Gasteiger partial charge is 0.504 e. The molecule has 0 bridgehead atoms. The smallest absolute Gasteiger partial charge is 0.238 e. The number of nitrogens with one attached hydrogen (secondary N) is 1. The number of nitrogens with zero attached hydrogens (tertiary/aromatic N) is 1. The molecule has 3 aromatic carbocycles. The van der Waals surface area contributed by atoms with Crippen molar-refractivity contribution in [2.75, 3.05) is 12.4 Å². The number of phenols is 1. The first kappa shape index (κ1) is 19.7. The van der Waals surface area contributed by atoms with Crippen LogP contribution in [-0.4, -0.2) is 25.6 Å². The van der Waals surface area contributed by atoms with E-state index in [9.17, 15) is 13.5 Å². The van der Waals surface area contributed by atoms with Gasteiger partial charge in [-0.2, -0.15) is 0 Å². The maximum atomic E-state index is 12.1. The van der Waals surface area contributed by atoms with Gasteiger partial charge in [0.1, 0.15) is 5.52 Å². The van der Waals surface area contributed by atoms with Gasteiger partial charge in [0.25, 0.3) is 0 Å². The molecule has 4 aromatic rings. The quantitative estimate of drug-likeness (QED) is 0.431. The third kappa shape index (κ3) is 3.80. The van der Waals surface area contributed by atoms with E-state index in [2.05, 4.69) is 10.3 Å². The summed E-state index contributed by atoms with van der Waals surface area (Å²) in [5, 5.41) is 18.8. The summed E-state index contributed by atoms with van der Waals surface area (Å²) in [6, 6.07) is 16.9. The number of para-hydroxylation sites is 3.